The third-order valence-electron chi connectivity index (χ3n) is 1.47. The van der Waals surface area contributed by atoms with Gasteiger partial charge in [-0.05, 0) is 6.07 Å². The van der Waals surface area contributed by atoms with Crippen LogP contribution in [0.2, 0.25) is 10.2 Å². The maximum Gasteiger partial charge on any atom is 0.253 e. The van der Waals surface area contributed by atoms with Crippen molar-refractivity contribution in [3.05, 3.63) is 40.7 Å². The lowest BCUT2D eigenvalue weighted by molar-refractivity contribution is 0.0957. The maximum atomic E-state index is 11.4. The van der Waals surface area contributed by atoms with E-state index in [4.69, 9.17) is 23.2 Å². The third-order valence-corrected chi connectivity index (χ3v) is 2.15. The van der Waals surface area contributed by atoms with E-state index >= 15 is 0 Å². The monoisotopic (exact) mass is 230 g/mol. The Morgan fingerprint density at radius 3 is 2.93 bits per heavy atom. The summed E-state index contributed by atoms with van der Waals surface area (Å²) in [4.78, 5) is 15.1. The van der Waals surface area contributed by atoms with Crippen molar-refractivity contribution in [3.8, 4) is 0 Å². The van der Waals surface area contributed by atoms with E-state index in [9.17, 15) is 4.79 Å². The average Bonchev–Trinajstić information content (AvgIpc) is 2.18. The van der Waals surface area contributed by atoms with Crippen LogP contribution in [0.3, 0.4) is 0 Å². The molecule has 0 radical (unpaired) electrons. The van der Waals surface area contributed by atoms with Crippen molar-refractivity contribution in [2.24, 2.45) is 0 Å². The van der Waals surface area contributed by atoms with Gasteiger partial charge in [-0.25, -0.2) is 4.98 Å². The Labute approximate surface area is 91.7 Å². The van der Waals surface area contributed by atoms with Crippen molar-refractivity contribution in [2.45, 2.75) is 0 Å². The largest absolute Gasteiger partial charge is 0.349 e. The van der Waals surface area contributed by atoms with Crippen LogP contribution in [-0.2, 0) is 0 Å². The molecular weight excluding hydrogens is 223 g/mol. The molecule has 14 heavy (non-hydrogen) atoms. The highest BCUT2D eigenvalue weighted by molar-refractivity contribution is 6.41. The van der Waals surface area contributed by atoms with Crippen LogP contribution >= 0.6 is 23.2 Å². The van der Waals surface area contributed by atoms with Crippen LogP contribution in [0.15, 0.2) is 24.9 Å². The number of carbonyl (C=O) groups excluding carboxylic acids is 1. The topological polar surface area (TPSA) is 42.0 Å². The van der Waals surface area contributed by atoms with Crippen molar-refractivity contribution < 1.29 is 4.79 Å². The number of carbonyl (C=O) groups is 1. The summed E-state index contributed by atoms with van der Waals surface area (Å²) in [5.74, 6) is -0.254. The molecule has 74 valence electrons. The molecule has 0 fully saturated rings. The summed E-state index contributed by atoms with van der Waals surface area (Å²) in [5.41, 5.74) is 0.376. The van der Waals surface area contributed by atoms with Crippen molar-refractivity contribution in [2.75, 3.05) is 6.54 Å². The van der Waals surface area contributed by atoms with Gasteiger partial charge in [0.1, 0.15) is 5.15 Å². The summed E-state index contributed by atoms with van der Waals surface area (Å²) >= 11 is 11.3. The molecule has 0 aliphatic carbocycles. The first kappa shape index (κ1) is 11.0. The van der Waals surface area contributed by atoms with Gasteiger partial charge in [-0.15, -0.1) is 6.58 Å². The molecular formula is C9H8Cl2N2O. The van der Waals surface area contributed by atoms with E-state index < -0.39 is 0 Å². The van der Waals surface area contributed by atoms with Gasteiger partial charge < -0.3 is 5.32 Å². The summed E-state index contributed by atoms with van der Waals surface area (Å²) in [6.07, 6.45) is 2.95. The van der Waals surface area contributed by atoms with Crippen molar-refractivity contribution in [3.63, 3.8) is 0 Å². The minimum Gasteiger partial charge on any atom is -0.349 e. The Morgan fingerprint density at radius 1 is 1.64 bits per heavy atom. The molecule has 0 aromatic carbocycles. The Hall–Kier alpha value is -1.06. The lowest BCUT2D eigenvalue weighted by atomic mass is 10.3. The number of rotatable bonds is 3. The van der Waals surface area contributed by atoms with E-state index in [-0.39, 0.29) is 16.1 Å². The highest BCUT2D eigenvalue weighted by Crippen LogP contribution is 2.19. The van der Waals surface area contributed by atoms with E-state index in [1.807, 2.05) is 0 Å². The zero-order valence-electron chi connectivity index (χ0n) is 7.26. The van der Waals surface area contributed by atoms with Crippen LogP contribution in [0.4, 0.5) is 0 Å². The second kappa shape index (κ2) is 4.98. The predicted molar refractivity (Wildman–Crippen MR) is 56.8 cm³/mol. The zero-order chi connectivity index (χ0) is 10.6. The molecule has 0 aliphatic rings. The van der Waals surface area contributed by atoms with Crippen molar-refractivity contribution >= 4 is 29.1 Å². The second-order valence-electron chi connectivity index (χ2n) is 2.50. The predicted octanol–water partition coefficient (Wildman–Crippen LogP) is 2.30. The molecule has 1 N–H and O–H groups in total. The van der Waals surface area contributed by atoms with Gasteiger partial charge in [-0.2, -0.15) is 0 Å². The van der Waals surface area contributed by atoms with E-state index in [0.717, 1.165) is 0 Å². The number of halogens is 2. The number of hydrogen-bond donors (Lipinski definition) is 1. The number of aromatic nitrogens is 1. The third kappa shape index (κ3) is 2.72. The Morgan fingerprint density at radius 2 is 2.36 bits per heavy atom. The van der Waals surface area contributed by atoms with Crippen LogP contribution in [0.25, 0.3) is 0 Å². The molecule has 1 rings (SSSR count). The van der Waals surface area contributed by atoms with E-state index in [2.05, 4.69) is 16.9 Å². The first-order valence-corrected chi connectivity index (χ1v) is 4.61. The molecule has 0 atom stereocenters. The average molecular weight is 231 g/mol. The van der Waals surface area contributed by atoms with E-state index in [1.54, 1.807) is 6.08 Å². The van der Waals surface area contributed by atoms with Crippen LogP contribution in [0.5, 0.6) is 0 Å². The molecule has 0 aliphatic heterocycles. The Bertz CT molecular complexity index is 366. The highest BCUT2D eigenvalue weighted by atomic mass is 35.5. The number of pyridine rings is 1. The van der Waals surface area contributed by atoms with Crippen LogP contribution < -0.4 is 5.32 Å². The van der Waals surface area contributed by atoms with Gasteiger partial charge in [0.05, 0.1) is 10.6 Å². The summed E-state index contributed by atoms with van der Waals surface area (Å²) in [6.45, 7) is 3.88. The minimum atomic E-state index is -0.254. The molecule has 0 saturated carbocycles. The molecule has 1 aromatic heterocycles. The maximum absolute atomic E-state index is 11.4. The summed E-state index contributed by atoms with van der Waals surface area (Å²) < 4.78 is 0. The minimum absolute atomic E-state index is 0.187. The van der Waals surface area contributed by atoms with Gasteiger partial charge in [0.15, 0.2) is 0 Å². The lowest BCUT2D eigenvalue weighted by Crippen LogP contribution is -2.23. The normalized spacial score (nSPS) is 9.57. The second-order valence-corrected chi connectivity index (χ2v) is 3.26. The Balaban J connectivity index is 2.80. The Kier molecular flexibility index (Phi) is 3.92. The van der Waals surface area contributed by atoms with Gasteiger partial charge in [0.2, 0.25) is 0 Å². The van der Waals surface area contributed by atoms with Crippen LogP contribution in [0, 0.1) is 0 Å². The molecule has 3 nitrogen and oxygen atoms in total. The molecule has 1 heterocycles. The lowest BCUT2D eigenvalue weighted by Gasteiger charge is -2.02. The molecule has 0 bridgehead atoms. The fraction of sp³-hybridized carbons (Fsp3) is 0.111. The van der Waals surface area contributed by atoms with E-state index in [0.29, 0.717) is 12.1 Å². The fourth-order valence-corrected chi connectivity index (χ4v) is 1.08. The first-order valence-electron chi connectivity index (χ1n) is 3.85. The molecule has 1 amide bonds. The highest BCUT2D eigenvalue weighted by Gasteiger charge is 2.07. The van der Waals surface area contributed by atoms with Gasteiger partial charge in [-0.3, -0.25) is 4.79 Å². The SMILES string of the molecule is C=CCNC(=O)c1cnc(Cl)c(Cl)c1. The standard InChI is InChI=1S/C9H8Cl2N2O/c1-2-3-12-9(14)6-4-7(10)8(11)13-5-6/h2,4-5H,1,3H2,(H,12,14). The summed E-state index contributed by atoms with van der Waals surface area (Å²) in [7, 11) is 0. The number of nitrogens with zero attached hydrogens (tertiary/aromatic N) is 1. The van der Waals surface area contributed by atoms with E-state index in [1.165, 1.54) is 12.3 Å². The van der Waals surface area contributed by atoms with Gasteiger partial charge in [-0.1, -0.05) is 29.3 Å². The molecule has 0 saturated heterocycles. The van der Waals surface area contributed by atoms with Crippen molar-refractivity contribution in [1.29, 1.82) is 0 Å². The number of amides is 1. The smallest absolute Gasteiger partial charge is 0.253 e. The zero-order valence-corrected chi connectivity index (χ0v) is 8.77. The summed E-state index contributed by atoms with van der Waals surface area (Å²) in [6, 6.07) is 1.47. The quantitative estimate of drug-likeness (QED) is 0.640. The molecule has 0 unspecified atom stereocenters. The summed E-state index contributed by atoms with van der Waals surface area (Å²) in [5, 5.41) is 3.05. The fourth-order valence-electron chi connectivity index (χ4n) is 0.812. The number of nitrogens with one attached hydrogen (secondary N) is 1. The van der Waals surface area contributed by atoms with Gasteiger partial charge in [0.25, 0.3) is 5.91 Å². The molecule has 0 spiro atoms. The van der Waals surface area contributed by atoms with Gasteiger partial charge >= 0.3 is 0 Å². The van der Waals surface area contributed by atoms with Crippen LogP contribution in [-0.4, -0.2) is 17.4 Å². The van der Waals surface area contributed by atoms with Gasteiger partial charge in [0, 0.05) is 12.7 Å². The van der Waals surface area contributed by atoms with Crippen LogP contribution in [0.1, 0.15) is 10.4 Å². The first-order chi connectivity index (χ1) is 6.65. The van der Waals surface area contributed by atoms with Crippen molar-refractivity contribution in [1.82, 2.24) is 10.3 Å². The molecule has 5 heteroatoms. The number of hydrogen-bond acceptors (Lipinski definition) is 2. The molecule has 1 aromatic rings.